The van der Waals surface area contributed by atoms with E-state index in [4.69, 9.17) is 5.73 Å². The van der Waals surface area contributed by atoms with Gasteiger partial charge in [0.05, 0.1) is 22.7 Å². The molecule has 0 bridgehead atoms. The Hall–Kier alpha value is -3.69. The number of amides is 1. The van der Waals surface area contributed by atoms with Gasteiger partial charge in [-0.1, -0.05) is 25.2 Å². The fourth-order valence-electron chi connectivity index (χ4n) is 6.52. The Kier molecular flexibility index (Phi) is 6.43. The van der Waals surface area contributed by atoms with E-state index in [1.54, 1.807) is 0 Å². The van der Waals surface area contributed by atoms with E-state index in [0.717, 1.165) is 54.9 Å². The average Bonchev–Trinajstić information content (AvgIpc) is 3.45. The molecule has 10 heteroatoms. The topological polar surface area (TPSA) is 86.5 Å². The largest absolute Gasteiger partial charge is 0.416 e. The monoisotopic (exact) mass is 538 g/mol. The predicted octanol–water partition coefficient (Wildman–Crippen LogP) is 4.47. The number of anilines is 1. The number of pyridine rings is 1. The van der Waals surface area contributed by atoms with Gasteiger partial charge in [0, 0.05) is 43.9 Å². The van der Waals surface area contributed by atoms with E-state index >= 15 is 0 Å². The molecule has 7 nitrogen and oxygen atoms in total. The van der Waals surface area contributed by atoms with Crippen LogP contribution in [0.4, 0.5) is 19.0 Å². The molecule has 0 spiro atoms. The quantitative estimate of drug-likeness (QED) is 0.513. The molecule has 1 aromatic rings. The molecular formula is C29H33F3N6O. The van der Waals surface area contributed by atoms with Gasteiger partial charge < -0.3 is 26.2 Å². The summed E-state index contributed by atoms with van der Waals surface area (Å²) in [7, 11) is 0. The molecule has 5 atom stereocenters. The highest BCUT2D eigenvalue weighted by atomic mass is 19.4. The fraction of sp³-hybridized carbons (Fsp3) is 0.448. The molecule has 4 aliphatic heterocycles. The van der Waals surface area contributed by atoms with Crippen LogP contribution in [0.1, 0.15) is 38.2 Å². The van der Waals surface area contributed by atoms with Gasteiger partial charge in [-0.2, -0.15) is 13.2 Å². The summed E-state index contributed by atoms with van der Waals surface area (Å²) in [6.07, 6.45) is 12.4. The van der Waals surface area contributed by atoms with Crippen LogP contribution >= 0.6 is 0 Å². The number of alkyl halides is 3. The van der Waals surface area contributed by atoms with E-state index in [2.05, 4.69) is 56.8 Å². The molecule has 2 fully saturated rings. The van der Waals surface area contributed by atoms with E-state index in [9.17, 15) is 18.0 Å². The molecule has 1 unspecified atom stereocenters. The summed E-state index contributed by atoms with van der Waals surface area (Å²) in [6.45, 7) is 3.39. The maximum Gasteiger partial charge on any atom is 0.416 e. The average molecular weight is 539 g/mol. The van der Waals surface area contributed by atoms with Crippen molar-refractivity contribution in [1.29, 1.82) is 0 Å². The Morgan fingerprint density at radius 3 is 2.90 bits per heavy atom. The summed E-state index contributed by atoms with van der Waals surface area (Å²) in [6, 6.07) is 2.35. The van der Waals surface area contributed by atoms with Gasteiger partial charge in [0.25, 0.3) is 0 Å². The molecule has 0 aromatic carbocycles. The number of nitrogens with two attached hydrogens (primary N) is 1. The minimum absolute atomic E-state index is 0.00355. The number of carbonyl (C=O) groups excluding carboxylic acids is 1. The van der Waals surface area contributed by atoms with Crippen LogP contribution in [-0.2, 0) is 11.0 Å². The van der Waals surface area contributed by atoms with Crippen LogP contribution in [0, 0.1) is 17.8 Å². The number of nitrogens with zero attached hydrogens (tertiary/aromatic N) is 3. The third-order valence-electron chi connectivity index (χ3n) is 8.58. The van der Waals surface area contributed by atoms with Crippen molar-refractivity contribution in [1.82, 2.24) is 20.1 Å². The minimum Gasteiger partial charge on any atom is -0.397 e. The second kappa shape index (κ2) is 9.81. The number of fused-ring (bicyclic) bond motifs is 2. The first kappa shape index (κ1) is 25.6. The Morgan fingerprint density at radius 2 is 2.13 bits per heavy atom. The summed E-state index contributed by atoms with van der Waals surface area (Å²) < 4.78 is 39.0. The number of allylic oxidation sites excluding steroid dienone is 4. The van der Waals surface area contributed by atoms with Crippen LogP contribution < -0.4 is 16.4 Å². The molecule has 2 saturated heterocycles. The fourth-order valence-corrected chi connectivity index (χ4v) is 6.52. The number of aromatic nitrogens is 1. The van der Waals surface area contributed by atoms with Crippen LogP contribution in [0.5, 0.6) is 0 Å². The van der Waals surface area contributed by atoms with Crippen LogP contribution in [0.2, 0.25) is 0 Å². The molecule has 1 amide bonds. The normalized spacial score (nSPS) is 30.2. The smallest absolute Gasteiger partial charge is 0.397 e. The molecule has 206 valence electrons. The highest BCUT2D eigenvalue weighted by Crippen LogP contribution is 2.41. The standard InChI is InChI=1S/C29H33F3N6O/c1-17-13-25(39)38-16-20(8-9-23(17)38)28-36-26(27-22(33)3-2-12-37(27)28)19-6-4-18(5-7-19)15-35-24-14-21(10-11-34-24)29(30,31)32/h2-4,6-7,10-12,14,17-18,20,23,28,36H,5,8-9,13,15-16,33H2,1H3,(H,34,35)/t17-,18-,20-,23-,28?/m1/s1. The third-order valence-corrected chi connectivity index (χ3v) is 8.58. The maximum atomic E-state index is 13.0. The number of hydrogen-bond acceptors (Lipinski definition) is 6. The minimum atomic E-state index is -4.40. The first-order valence-electron chi connectivity index (χ1n) is 13.6. The first-order valence-corrected chi connectivity index (χ1v) is 13.6. The lowest BCUT2D eigenvalue weighted by atomic mass is 9.87. The summed E-state index contributed by atoms with van der Waals surface area (Å²) >= 11 is 0. The predicted molar refractivity (Wildman–Crippen MR) is 142 cm³/mol. The molecule has 0 saturated carbocycles. The summed E-state index contributed by atoms with van der Waals surface area (Å²) in [5.74, 6) is 1.26. The highest BCUT2D eigenvalue weighted by molar-refractivity contribution is 5.79. The van der Waals surface area contributed by atoms with Gasteiger partial charge in [-0.15, -0.1) is 0 Å². The molecule has 0 radical (unpaired) electrons. The lowest BCUT2D eigenvalue weighted by Crippen LogP contribution is -2.52. The van der Waals surface area contributed by atoms with Crippen LogP contribution in [-0.4, -0.2) is 46.0 Å². The summed E-state index contributed by atoms with van der Waals surface area (Å²) in [4.78, 5) is 20.9. The molecular weight excluding hydrogens is 505 g/mol. The van der Waals surface area contributed by atoms with Gasteiger partial charge in [-0.25, -0.2) is 4.98 Å². The van der Waals surface area contributed by atoms with Gasteiger partial charge >= 0.3 is 6.18 Å². The Morgan fingerprint density at radius 1 is 1.28 bits per heavy atom. The SMILES string of the molecule is C[C@@H]1CC(=O)N2C[C@H](C3NC(C4=CC[C@H](CNc5cc(C(F)(F)F)ccn5)C=C4)=C4C(N)=CC=CN43)CC[C@H]12. The number of hydrogen-bond donors (Lipinski definition) is 3. The van der Waals surface area contributed by atoms with E-state index in [1.165, 1.54) is 6.20 Å². The van der Waals surface area contributed by atoms with E-state index < -0.39 is 11.7 Å². The van der Waals surface area contributed by atoms with Gasteiger partial charge in [0.15, 0.2) is 0 Å². The van der Waals surface area contributed by atoms with Gasteiger partial charge in [-0.05, 0) is 61.0 Å². The first-order chi connectivity index (χ1) is 18.7. The van der Waals surface area contributed by atoms with Crippen molar-refractivity contribution in [3.63, 3.8) is 0 Å². The van der Waals surface area contributed by atoms with E-state index in [0.29, 0.717) is 30.6 Å². The maximum absolute atomic E-state index is 13.0. The molecule has 5 aliphatic rings. The van der Waals surface area contributed by atoms with Gasteiger partial charge in [0.1, 0.15) is 12.0 Å². The molecule has 1 aromatic heterocycles. The van der Waals surface area contributed by atoms with Crippen molar-refractivity contribution in [3.05, 3.63) is 83.1 Å². The zero-order chi connectivity index (χ0) is 27.3. The second-order valence-corrected chi connectivity index (χ2v) is 11.1. The summed E-state index contributed by atoms with van der Waals surface area (Å²) in [5.41, 5.74) is 9.41. The number of halogens is 3. The summed E-state index contributed by atoms with van der Waals surface area (Å²) in [5, 5.41) is 6.79. The van der Waals surface area contributed by atoms with Crippen LogP contribution in [0.25, 0.3) is 0 Å². The number of carbonyl (C=O) groups is 1. The van der Waals surface area contributed by atoms with Crippen molar-refractivity contribution >= 4 is 11.7 Å². The van der Waals surface area contributed by atoms with Crippen molar-refractivity contribution in [2.75, 3.05) is 18.4 Å². The van der Waals surface area contributed by atoms with Crippen LogP contribution in [0.15, 0.2) is 77.6 Å². The molecule has 5 heterocycles. The van der Waals surface area contributed by atoms with Gasteiger partial charge in [0.2, 0.25) is 5.91 Å². The molecule has 6 rings (SSSR count). The lowest BCUT2D eigenvalue weighted by molar-refractivity contribution is -0.137. The van der Waals surface area contributed by atoms with Crippen molar-refractivity contribution in [2.45, 2.75) is 51.0 Å². The Labute approximate surface area is 226 Å². The van der Waals surface area contributed by atoms with E-state index in [-0.39, 0.29) is 29.7 Å². The van der Waals surface area contributed by atoms with Crippen molar-refractivity contribution < 1.29 is 18.0 Å². The number of piperidine rings is 1. The molecule has 1 aliphatic carbocycles. The zero-order valence-electron chi connectivity index (χ0n) is 21.8. The lowest BCUT2D eigenvalue weighted by Gasteiger charge is -2.41. The Balaban J connectivity index is 1.14. The van der Waals surface area contributed by atoms with Crippen molar-refractivity contribution in [3.8, 4) is 0 Å². The Bertz CT molecular complexity index is 1310. The second-order valence-electron chi connectivity index (χ2n) is 11.1. The molecule has 39 heavy (non-hydrogen) atoms. The van der Waals surface area contributed by atoms with Gasteiger partial charge in [-0.3, -0.25) is 4.79 Å². The van der Waals surface area contributed by atoms with E-state index in [1.807, 2.05) is 12.2 Å². The van der Waals surface area contributed by atoms with Crippen LogP contribution in [0.3, 0.4) is 0 Å². The zero-order valence-corrected chi connectivity index (χ0v) is 21.8. The highest BCUT2D eigenvalue weighted by Gasteiger charge is 2.46. The van der Waals surface area contributed by atoms with Crippen molar-refractivity contribution in [2.24, 2.45) is 23.5 Å². The number of nitrogens with one attached hydrogen (secondary N) is 2. The number of rotatable bonds is 5. The third kappa shape index (κ3) is 4.81. The molecule has 4 N–H and O–H groups in total.